The first-order chi connectivity index (χ1) is 5.20. The topological polar surface area (TPSA) is 0 Å². The lowest BCUT2D eigenvalue weighted by molar-refractivity contribution is 0.455. The van der Waals surface area contributed by atoms with Crippen molar-refractivity contribution in [2.45, 2.75) is 46.5 Å². The molecular weight excluding hydrogens is 200 g/mol. The first-order valence-electron chi connectivity index (χ1n) is 4.76. The van der Waals surface area contributed by atoms with Crippen molar-refractivity contribution in [3.8, 4) is 0 Å². The van der Waals surface area contributed by atoms with Gasteiger partial charge in [0.05, 0.1) is 0 Å². The number of hydrogen-bond acceptors (Lipinski definition) is 0. The van der Waals surface area contributed by atoms with Crippen molar-refractivity contribution in [3.63, 3.8) is 0 Å². The van der Waals surface area contributed by atoms with Gasteiger partial charge in [0.1, 0.15) is 0 Å². The van der Waals surface area contributed by atoms with E-state index >= 15 is 0 Å². The predicted molar refractivity (Wildman–Crippen MR) is 56.3 cm³/mol. The predicted octanol–water partition coefficient (Wildman–Crippen LogP) is 4.23. The zero-order valence-corrected chi connectivity index (χ0v) is 9.65. The molecule has 0 radical (unpaired) electrons. The molecule has 1 atom stereocenters. The molecule has 0 spiro atoms. The summed E-state index contributed by atoms with van der Waals surface area (Å²) >= 11 is 3.54. The van der Waals surface area contributed by atoms with Crippen molar-refractivity contribution in [1.29, 1.82) is 0 Å². The van der Waals surface area contributed by atoms with Crippen LogP contribution in [0.25, 0.3) is 0 Å². The summed E-state index contributed by atoms with van der Waals surface area (Å²) in [5.41, 5.74) is 0. The molecule has 0 N–H and O–H groups in total. The van der Waals surface area contributed by atoms with Gasteiger partial charge in [-0.2, -0.15) is 0 Å². The molecule has 1 heteroatoms. The van der Waals surface area contributed by atoms with Crippen molar-refractivity contribution < 1.29 is 0 Å². The fourth-order valence-electron chi connectivity index (χ4n) is 1.21. The van der Waals surface area contributed by atoms with E-state index in [9.17, 15) is 0 Å². The molecule has 0 saturated heterocycles. The highest BCUT2D eigenvalue weighted by molar-refractivity contribution is 9.09. The average Bonchev–Trinajstić information content (AvgIpc) is 1.98. The minimum absolute atomic E-state index is 0.878. The highest BCUT2D eigenvalue weighted by Gasteiger charge is 2.03. The van der Waals surface area contributed by atoms with E-state index in [2.05, 4.69) is 36.7 Å². The highest BCUT2D eigenvalue weighted by Crippen LogP contribution is 2.16. The Morgan fingerprint density at radius 3 is 2.18 bits per heavy atom. The Morgan fingerprint density at radius 2 is 1.82 bits per heavy atom. The highest BCUT2D eigenvalue weighted by atomic mass is 79.9. The summed E-state index contributed by atoms with van der Waals surface area (Å²) in [6.45, 7) is 6.88. The van der Waals surface area contributed by atoms with Gasteiger partial charge in [0.2, 0.25) is 0 Å². The Kier molecular flexibility index (Phi) is 7.46. The molecule has 0 heterocycles. The smallest absolute Gasteiger partial charge is 0.00595 e. The summed E-state index contributed by atoms with van der Waals surface area (Å²) in [6, 6.07) is 0. The molecule has 0 fully saturated rings. The lowest BCUT2D eigenvalue weighted by atomic mass is 9.98. The molecule has 0 aromatic rings. The van der Waals surface area contributed by atoms with Crippen LogP contribution in [0.3, 0.4) is 0 Å². The van der Waals surface area contributed by atoms with Crippen molar-refractivity contribution in [1.82, 2.24) is 0 Å². The van der Waals surface area contributed by atoms with Gasteiger partial charge in [0.25, 0.3) is 0 Å². The summed E-state index contributed by atoms with van der Waals surface area (Å²) < 4.78 is 0. The van der Waals surface area contributed by atoms with Gasteiger partial charge in [-0.25, -0.2) is 0 Å². The molecule has 0 aromatic carbocycles. The van der Waals surface area contributed by atoms with Gasteiger partial charge < -0.3 is 0 Å². The quantitative estimate of drug-likeness (QED) is 0.588. The van der Waals surface area contributed by atoms with Crippen LogP contribution in [0.4, 0.5) is 0 Å². The maximum Gasteiger partial charge on any atom is 0.00595 e. The molecule has 11 heavy (non-hydrogen) atoms. The largest absolute Gasteiger partial charge is 0.0925 e. The van der Waals surface area contributed by atoms with Crippen LogP contribution >= 0.6 is 15.9 Å². The Morgan fingerprint density at radius 1 is 1.18 bits per heavy atom. The second-order valence-electron chi connectivity index (χ2n) is 3.75. The van der Waals surface area contributed by atoms with Gasteiger partial charge in [0, 0.05) is 5.33 Å². The molecular formula is C10H21Br. The Labute approximate surface area is 79.9 Å². The van der Waals surface area contributed by atoms with E-state index in [-0.39, 0.29) is 0 Å². The molecule has 0 aliphatic rings. The van der Waals surface area contributed by atoms with Gasteiger partial charge >= 0.3 is 0 Å². The average molecular weight is 221 g/mol. The molecule has 0 aliphatic carbocycles. The van der Waals surface area contributed by atoms with E-state index in [0.717, 1.165) is 11.8 Å². The van der Waals surface area contributed by atoms with E-state index in [1.165, 1.54) is 31.0 Å². The zero-order valence-electron chi connectivity index (χ0n) is 8.07. The fraction of sp³-hybridized carbons (Fsp3) is 1.00. The van der Waals surface area contributed by atoms with Crippen LogP contribution in [0.2, 0.25) is 0 Å². The minimum Gasteiger partial charge on any atom is -0.0925 e. The van der Waals surface area contributed by atoms with Gasteiger partial charge in [-0.3, -0.25) is 0 Å². The van der Waals surface area contributed by atoms with Crippen LogP contribution < -0.4 is 0 Å². The van der Waals surface area contributed by atoms with E-state index < -0.39 is 0 Å². The number of halogens is 1. The van der Waals surface area contributed by atoms with E-state index in [0.29, 0.717) is 0 Å². The second-order valence-corrected chi connectivity index (χ2v) is 4.40. The molecule has 0 aromatic heterocycles. The Hall–Kier alpha value is 0.480. The van der Waals surface area contributed by atoms with Gasteiger partial charge in [0.15, 0.2) is 0 Å². The summed E-state index contributed by atoms with van der Waals surface area (Å²) in [7, 11) is 0. The minimum atomic E-state index is 0.878. The first kappa shape index (κ1) is 11.5. The number of hydrogen-bond donors (Lipinski definition) is 0. The third-order valence-corrected chi connectivity index (χ3v) is 3.11. The van der Waals surface area contributed by atoms with E-state index in [4.69, 9.17) is 0 Å². The maximum atomic E-state index is 3.54. The van der Waals surface area contributed by atoms with Crippen molar-refractivity contribution in [2.75, 3.05) is 5.33 Å². The molecule has 0 nitrogen and oxygen atoms in total. The van der Waals surface area contributed by atoms with Gasteiger partial charge in [-0.1, -0.05) is 56.0 Å². The molecule has 0 aliphatic heterocycles. The monoisotopic (exact) mass is 220 g/mol. The SMILES string of the molecule is CCC(CBr)CCCC(C)C. The molecule has 0 amide bonds. The molecule has 0 saturated carbocycles. The third-order valence-electron chi connectivity index (χ3n) is 2.19. The van der Waals surface area contributed by atoms with Crippen LogP contribution in [0.1, 0.15) is 46.5 Å². The zero-order chi connectivity index (χ0) is 8.69. The lowest BCUT2D eigenvalue weighted by Gasteiger charge is -2.11. The van der Waals surface area contributed by atoms with E-state index in [1.54, 1.807) is 0 Å². The molecule has 68 valence electrons. The fourth-order valence-corrected chi connectivity index (χ4v) is 1.99. The summed E-state index contributed by atoms with van der Waals surface area (Å²) in [5, 5.41) is 1.18. The molecule has 0 rings (SSSR count). The number of alkyl halides is 1. The van der Waals surface area contributed by atoms with Crippen LogP contribution in [0.5, 0.6) is 0 Å². The standard InChI is InChI=1S/C10H21Br/c1-4-10(8-11)7-5-6-9(2)3/h9-10H,4-8H2,1-3H3. The third kappa shape index (κ3) is 6.86. The van der Waals surface area contributed by atoms with Crippen molar-refractivity contribution >= 4 is 15.9 Å². The van der Waals surface area contributed by atoms with Gasteiger partial charge in [-0.05, 0) is 18.3 Å². The van der Waals surface area contributed by atoms with Crippen LogP contribution in [-0.2, 0) is 0 Å². The van der Waals surface area contributed by atoms with Crippen LogP contribution in [0.15, 0.2) is 0 Å². The van der Waals surface area contributed by atoms with Crippen LogP contribution in [0, 0.1) is 11.8 Å². The molecule has 0 bridgehead atoms. The van der Waals surface area contributed by atoms with E-state index in [1.807, 2.05) is 0 Å². The first-order valence-corrected chi connectivity index (χ1v) is 5.88. The number of rotatable bonds is 6. The maximum absolute atomic E-state index is 3.54. The van der Waals surface area contributed by atoms with Crippen LogP contribution in [-0.4, -0.2) is 5.33 Å². The second kappa shape index (κ2) is 7.15. The van der Waals surface area contributed by atoms with Crippen molar-refractivity contribution in [2.24, 2.45) is 11.8 Å². The Bertz CT molecular complexity index is 74.9. The summed E-state index contributed by atoms with van der Waals surface area (Å²) in [4.78, 5) is 0. The lowest BCUT2D eigenvalue weighted by Crippen LogP contribution is -2.00. The Balaban J connectivity index is 3.21. The molecule has 1 unspecified atom stereocenters. The van der Waals surface area contributed by atoms with Crippen molar-refractivity contribution in [3.05, 3.63) is 0 Å². The summed E-state index contributed by atoms with van der Waals surface area (Å²) in [5.74, 6) is 1.79. The normalized spacial score (nSPS) is 13.9. The van der Waals surface area contributed by atoms with Gasteiger partial charge in [-0.15, -0.1) is 0 Å². The summed E-state index contributed by atoms with van der Waals surface area (Å²) in [6.07, 6.45) is 5.52.